The Morgan fingerprint density at radius 2 is 1.76 bits per heavy atom. The Morgan fingerprint density at radius 3 is 2.44 bits per heavy atom. The number of hydrogen-bond acceptors (Lipinski definition) is 8. The first kappa shape index (κ1) is 30.0. The van der Waals surface area contributed by atoms with Gasteiger partial charge >= 0.3 is 6.09 Å². The van der Waals surface area contributed by atoms with Crippen LogP contribution in [-0.2, 0) is 25.6 Å². The molecular weight excluding hydrogens is 592 g/mol. The summed E-state index contributed by atoms with van der Waals surface area (Å²) in [5.41, 5.74) is 0.475. The first-order valence-electron chi connectivity index (χ1n) is 14.4. The smallest absolute Gasteiger partial charge is 0.418 e. The number of carbonyl (C=O) groups excluding carboxylic acids is 4. The van der Waals surface area contributed by atoms with Crippen molar-refractivity contribution < 1.29 is 46.9 Å². The molecule has 0 aliphatic carbocycles. The van der Waals surface area contributed by atoms with E-state index in [9.17, 15) is 23.6 Å². The number of benzene rings is 3. The highest BCUT2D eigenvalue weighted by atomic mass is 19.1. The zero-order valence-electron chi connectivity index (χ0n) is 24.2. The maximum atomic E-state index is 15.8. The molecule has 2 saturated heterocycles. The lowest BCUT2D eigenvalue weighted by atomic mass is 10.0. The fraction of sp³-hybridized carbons (Fsp3) is 0.312. The number of anilines is 2. The summed E-state index contributed by atoms with van der Waals surface area (Å²) in [6.45, 7) is 0.851. The molecule has 3 aromatic carbocycles. The van der Waals surface area contributed by atoms with Crippen molar-refractivity contribution in [2.24, 2.45) is 0 Å². The summed E-state index contributed by atoms with van der Waals surface area (Å²) in [5, 5.41) is 2.28. The van der Waals surface area contributed by atoms with Crippen LogP contribution in [0.15, 0.2) is 54.6 Å². The van der Waals surface area contributed by atoms with Crippen LogP contribution in [-0.4, -0.2) is 61.2 Å². The van der Waals surface area contributed by atoms with Crippen molar-refractivity contribution in [1.82, 2.24) is 10.2 Å². The van der Waals surface area contributed by atoms with Gasteiger partial charge in [-0.15, -0.1) is 0 Å². The van der Waals surface area contributed by atoms with Gasteiger partial charge in [-0.3, -0.25) is 19.7 Å². The Bertz CT molecular complexity index is 1660. The summed E-state index contributed by atoms with van der Waals surface area (Å²) in [4.78, 5) is 54.0. The lowest BCUT2D eigenvalue weighted by Gasteiger charge is -2.30. The molecule has 11 nitrogen and oxygen atoms in total. The molecule has 3 aliphatic heterocycles. The summed E-state index contributed by atoms with van der Waals surface area (Å²) in [5.74, 6) is -2.44. The van der Waals surface area contributed by atoms with E-state index in [4.69, 9.17) is 18.9 Å². The Labute approximate surface area is 256 Å². The molecule has 4 amide bonds. The monoisotopic (exact) mass is 621 g/mol. The average molecular weight is 622 g/mol. The van der Waals surface area contributed by atoms with Gasteiger partial charge in [0.15, 0.2) is 11.6 Å². The quantitative estimate of drug-likeness (QED) is 0.367. The minimum absolute atomic E-state index is 0.0132. The minimum Gasteiger partial charge on any atom is -0.485 e. The number of rotatable bonds is 7. The molecule has 1 N–H and O–H groups in total. The molecule has 3 aliphatic rings. The number of carbonyl (C=O) groups is 4. The second-order valence-corrected chi connectivity index (χ2v) is 10.8. The van der Waals surface area contributed by atoms with Gasteiger partial charge in [-0.2, -0.15) is 0 Å². The molecule has 2 fully saturated rings. The van der Waals surface area contributed by atoms with Crippen molar-refractivity contribution in [3.8, 4) is 17.2 Å². The minimum atomic E-state index is -0.960. The Kier molecular flexibility index (Phi) is 8.35. The van der Waals surface area contributed by atoms with Gasteiger partial charge in [0.1, 0.15) is 29.5 Å². The van der Waals surface area contributed by atoms with Gasteiger partial charge in [-0.05, 0) is 67.3 Å². The van der Waals surface area contributed by atoms with Crippen LogP contribution in [0, 0.1) is 11.6 Å². The fourth-order valence-corrected chi connectivity index (χ4v) is 5.66. The number of amides is 4. The lowest BCUT2D eigenvalue weighted by molar-refractivity contribution is -0.136. The number of methoxy groups -OCH3 is 1. The van der Waals surface area contributed by atoms with Gasteiger partial charge < -0.3 is 23.8 Å². The van der Waals surface area contributed by atoms with Gasteiger partial charge in [0.05, 0.1) is 30.7 Å². The molecule has 0 aromatic heterocycles. The Morgan fingerprint density at radius 1 is 1.00 bits per heavy atom. The van der Waals surface area contributed by atoms with Crippen molar-refractivity contribution >= 4 is 35.2 Å². The predicted octanol–water partition coefficient (Wildman–Crippen LogP) is 4.98. The summed E-state index contributed by atoms with van der Waals surface area (Å²) in [7, 11) is 1.14. The van der Waals surface area contributed by atoms with Crippen LogP contribution in [0.25, 0.3) is 0 Å². The number of fused-ring (bicyclic) bond motifs is 1. The van der Waals surface area contributed by atoms with Crippen molar-refractivity contribution in [3.05, 3.63) is 77.4 Å². The van der Waals surface area contributed by atoms with Gasteiger partial charge in [-0.25, -0.2) is 18.5 Å². The summed E-state index contributed by atoms with van der Waals surface area (Å²) in [6, 6.07) is 11.2. The molecule has 2 atom stereocenters. The molecule has 0 saturated carbocycles. The first-order chi connectivity index (χ1) is 21.7. The van der Waals surface area contributed by atoms with E-state index in [1.54, 1.807) is 6.07 Å². The fourth-order valence-electron chi connectivity index (χ4n) is 5.66. The van der Waals surface area contributed by atoms with E-state index in [0.29, 0.717) is 25.0 Å². The third kappa shape index (κ3) is 6.03. The second-order valence-electron chi connectivity index (χ2n) is 10.8. The molecule has 13 heteroatoms. The third-order valence-electron chi connectivity index (χ3n) is 7.84. The van der Waals surface area contributed by atoms with Crippen LogP contribution < -0.4 is 19.7 Å². The van der Waals surface area contributed by atoms with E-state index < -0.39 is 47.6 Å². The molecule has 234 valence electrons. The summed E-state index contributed by atoms with van der Waals surface area (Å²) < 4.78 is 51.7. The topological polar surface area (TPSA) is 124 Å². The van der Waals surface area contributed by atoms with E-state index in [1.165, 1.54) is 47.4 Å². The summed E-state index contributed by atoms with van der Waals surface area (Å²) >= 11 is 0. The van der Waals surface area contributed by atoms with Crippen LogP contribution in [0.4, 0.5) is 25.0 Å². The number of hydrogen-bond donors (Lipinski definition) is 1. The number of nitrogens with zero attached hydrogens (tertiary/aromatic N) is 2. The zero-order valence-corrected chi connectivity index (χ0v) is 24.2. The van der Waals surface area contributed by atoms with Crippen molar-refractivity contribution in [2.45, 2.75) is 44.4 Å². The highest BCUT2D eigenvalue weighted by molar-refractivity contribution is 6.09. The van der Waals surface area contributed by atoms with Gasteiger partial charge in [0.2, 0.25) is 11.8 Å². The highest BCUT2D eigenvalue weighted by Crippen LogP contribution is 2.44. The Balaban J connectivity index is 1.40. The SMILES string of the molecule is COC(=O)N(c1ccc(Oc2ccc(F)cc2)cc1F)c1ccc2c(c1O[C@@H]1CCCOC1)C(=O)N(C1CCC(=O)NC1=O)C2. The number of halogens is 2. The van der Waals surface area contributed by atoms with Crippen molar-refractivity contribution in [3.63, 3.8) is 0 Å². The van der Waals surface area contributed by atoms with Crippen LogP contribution in [0.1, 0.15) is 41.6 Å². The van der Waals surface area contributed by atoms with Crippen LogP contribution in [0.3, 0.4) is 0 Å². The Hall–Kier alpha value is -5.04. The van der Waals surface area contributed by atoms with Crippen LogP contribution in [0.2, 0.25) is 0 Å². The van der Waals surface area contributed by atoms with Gasteiger partial charge in [0, 0.05) is 25.6 Å². The number of piperidine rings is 1. The molecule has 6 rings (SSSR count). The molecule has 3 heterocycles. The molecular formula is C32H29F2N3O8. The second kappa shape index (κ2) is 12.5. The van der Waals surface area contributed by atoms with Crippen LogP contribution in [0.5, 0.6) is 17.2 Å². The molecule has 0 spiro atoms. The largest absolute Gasteiger partial charge is 0.485 e. The number of imide groups is 1. The van der Waals surface area contributed by atoms with Crippen molar-refractivity contribution in [2.75, 3.05) is 25.2 Å². The maximum absolute atomic E-state index is 15.8. The highest BCUT2D eigenvalue weighted by Gasteiger charge is 2.42. The number of nitrogens with one attached hydrogen (secondary N) is 1. The molecule has 0 bridgehead atoms. The zero-order chi connectivity index (χ0) is 31.7. The molecule has 0 radical (unpaired) electrons. The van der Waals surface area contributed by atoms with Gasteiger partial charge in [0.25, 0.3) is 5.91 Å². The van der Waals surface area contributed by atoms with E-state index in [0.717, 1.165) is 18.1 Å². The van der Waals surface area contributed by atoms with E-state index in [-0.39, 0.29) is 60.2 Å². The first-order valence-corrected chi connectivity index (χ1v) is 14.4. The van der Waals surface area contributed by atoms with Gasteiger partial charge in [-0.1, -0.05) is 6.07 Å². The standard InChI is InChI=1S/C32H29F2N3O8/c1-42-32(41)37(24-11-9-21(15-23(24)34)44-20-7-5-19(33)6-8-20)25-10-4-18-16-36(26-12-13-27(38)35-30(26)39)31(40)28(18)29(25)45-22-3-2-14-43-17-22/h4-11,15,22,26H,2-3,12-14,16-17H2,1H3,(H,35,38,39)/t22-,26?/m1/s1. The normalized spacial score (nSPS) is 19.5. The molecule has 1 unspecified atom stereocenters. The molecule has 45 heavy (non-hydrogen) atoms. The maximum Gasteiger partial charge on any atom is 0.418 e. The van der Waals surface area contributed by atoms with E-state index in [2.05, 4.69) is 5.32 Å². The lowest BCUT2D eigenvalue weighted by Crippen LogP contribution is -2.52. The average Bonchev–Trinajstić information content (AvgIpc) is 3.36. The predicted molar refractivity (Wildman–Crippen MR) is 154 cm³/mol. The van der Waals surface area contributed by atoms with E-state index >= 15 is 4.39 Å². The van der Waals surface area contributed by atoms with Crippen LogP contribution >= 0.6 is 0 Å². The van der Waals surface area contributed by atoms with E-state index in [1.807, 2.05) is 0 Å². The van der Waals surface area contributed by atoms with Crippen molar-refractivity contribution in [1.29, 1.82) is 0 Å². The molecule has 3 aromatic rings. The third-order valence-corrected chi connectivity index (χ3v) is 7.84. The summed E-state index contributed by atoms with van der Waals surface area (Å²) in [6.07, 6.45) is 0.124. The number of ether oxygens (including phenoxy) is 4.